The summed E-state index contributed by atoms with van der Waals surface area (Å²) in [4.78, 5) is 0. The van der Waals surface area contributed by atoms with Gasteiger partial charge in [-0.25, -0.2) is 0 Å². The van der Waals surface area contributed by atoms with Crippen LogP contribution in [-0.2, 0) is 23.7 Å². The number of rotatable bonds is 2. The summed E-state index contributed by atoms with van der Waals surface area (Å²) < 4.78 is 30.8. The van der Waals surface area contributed by atoms with E-state index in [2.05, 4.69) is 0 Å². The maximum Gasteiger partial charge on any atom is 0.184 e. The molecule has 7 unspecified atom stereocenters. The summed E-state index contributed by atoms with van der Waals surface area (Å²) in [5.41, 5.74) is 2.01. The Morgan fingerprint density at radius 2 is 1.23 bits per heavy atom. The van der Waals surface area contributed by atoms with Gasteiger partial charge >= 0.3 is 0 Å². The number of ether oxygens (including phenoxy) is 5. The second-order valence-electron chi connectivity index (χ2n) is 7.00. The van der Waals surface area contributed by atoms with E-state index < -0.39 is 12.6 Å². The van der Waals surface area contributed by atoms with Crippen LogP contribution in [0.25, 0.3) is 0 Å². The molecule has 2 aromatic rings. The van der Waals surface area contributed by atoms with E-state index in [1.165, 1.54) is 0 Å². The third kappa shape index (κ3) is 2.86. The Bertz CT molecular complexity index is 737. The molecule has 5 rings (SSSR count). The van der Waals surface area contributed by atoms with Crippen LogP contribution in [-0.4, -0.2) is 37.1 Å². The molecule has 0 N–H and O–H groups in total. The molecule has 136 valence electrons. The lowest BCUT2D eigenvalue weighted by molar-refractivity contribution is -0.313. The topological polar surface area (TPSA) is 46.2 Å². The Kier molecular flexibility index (Phi) is 4.27. The van der Waals surface area contributed by atoms with E-state index in [9.17, 15) is 0 Å². The summed E-state index contributed by atoms with van der Waals surface area (Å²) in [6.07, 6.45) is -1.57. The number of hydrogen-bond donors (Lipinski definition) is 0. The van der Waals surface area contributed by atoms with Gasteiger partial charge in [-0.15, -0.1) is 0 Å². The molecule has 3 fully saturated rings. The summed E-state index contributed by atoms with van der Waals surface area (Å²) in [5, 5.41) is 0. The summed E-state index contributed by atoms with van der Waals surface area (Å²) >= 11 is 0. The Labute approximate surface area is 152 Å². The van der Waals surface area contributed by atoms with Gasteiger partial charge in [0, 0.05) is 11.1 Å². The van der Waals surface area contributed by atoms with Gasteiger partial charge in [-0.1, -0.05) is 60.7 Å². The molecular weight excluding hydrogens is 332 g/mol. The van der Waals surface area contributed by atoms with E-state index in [0.717, 1.165) is 11.1 Å². The SMILES string of the molecule is CC1OC2COC(c3ccccc3)OC2C2OC(c3ccccc3)OC12. The Hall–Kier alpha value is -1.76. The third-order valence-electron chi connectivity index (χ3n) is 5.26. The van der Waals surface area contributed by atoms with Crippen LogP contribution in [0.2, 0.25) is 0 Å². The van der Waals surface area contributed by atoms with Crippen molar-refractivity contribution in [2.24, 2.45) is 0 Å². The summed E-state index contributed by atoms with van der Waals surface area (Å²) in [5.74, 6) is 0. The van der Waals surface area contributed by atoms with Crippen LogP contribution in [0.4, 0.5) is 0 Å². The lowest BCUT2D eigenvalue weighted by atomic mass is 9.95. The van der Waals surface area contributed by atoms with Gasteiger partial charge in [0.05, 0.1) is 12.7 Å². The van der Waals surface area contributed by atoms with E-state index in [-0.39, 0.29) is 30.5 Å². The molecule has 0 aliphatic carbocycles. The lowest BCUT2D eigenvalue weighted by Gasteiger charge is -2.45. The van der Waals surface area contributed by atoms with E-state index in [4.69, 9.17) is 23.7 Å². The van der Waals surface area contributed by atoms with Gasteiger partial charge in [-0.3, -0.25) is 0 Å². The van der Waals surface area contributed by atoms with Crippen LogP contribution in [0.1, 0.15) is 30.6 Å². The molecule has 2 aromatic carbocycles. The molecular formula is C21H22O5. The lowest BCUT2D eigenvalue weighted by Crippen LogP contribution is -2.59. The van der Waals surface area contributed by atoms with Crippen molar-refractivity contribution >= 4 is 0 Å². The zero-order chi connectivity index (χ0) is 17.5. The van der Waals surface area contributed by atoms with Crippen molar-refractivity contribution in [1.82, 2.24) is 0 Å². The number of benzene rings is 2. The molecule has 26 heavy (non-hydrogen) atoms. The highest BCUT2D eigenvalue weighted by molar-refractivity contribution is 5.19. The largest absolute Gasteiger partial charge is 0.367 e. The highest BCUT2D eigenvalue weighted by Crippen LogP contribution is 2.43. The van der Waals surface area contributed by atoms with Crippen molar-refractivity contribution in [3.05, 3.63) is 71.8 Å². The van der Waals surface area contributed by atoms with Crippen LogP contribution in [0.15, 0.2) is 60.7 Å². The molecule has 0 aromatic heterocycles. The minimum absolute atomic E-state index is 0.0737. The molecule has 0 spiro atoms. The van der Waals surface area contributed by atoms with Gasteiger partial charge in [0.25, 0.3) is 0 Å². The first-order valence-corrected chi connectivity index (χ1v) is 9.13. The monoisotopic (exact) mass is 354 g/mol. The first kappa shape index (κ1) is 16.4. The zero-order valence-corrected chi connectivity index (χ0v) is 14.6. The summed E-state index contributed by atoms with van der Waals surface area (Å²) in [7, 11) is 0. The van der Waals surface area contributed by atoms with Crippen LogP contribution >= 0.6 is 0 Å². The van der Waals surface area contributed by atoms with Gasteiger partial charge < -0.3 is 23.7 Å². The van der Waals surface area contributed by atoms with E-state index in [1.54, 1.807) is 0 Å². The van der Waals surface area contributed by atoms with Crippen LogP contribution in [0.5, 0.6) is 0 Å². The predicted octanol–water partition coefficient (Wildman–Crippen LogP) is 3.37. The fourth-order valence-corrected chi connectivity index (χ4v) is 3.97. The quantitative estimate of drug-likeness (QED) is 0.827. The van der Waals surface area contributed by atoms with Crippen molar-refractivity contribution in [1.29, 1.82) is 0 Å². The van der Waals surface area contributed by atoms with Gasteiger partial charge in [-0.05, 0) is 6.92 Å². The van der Waals surface area contributed by atoms with E-state index in [0.29, 0.717) is 6.61 Å². The second-order valence-corrected chi connectivity index (χ2v) is 7.00. The smallest absolute Gasteiger partial charge is 0.184 e. The van der Waals surface area contributed by atoms with Gasteiger partial charge in [0.1, 0.15) is 24.4 Å². The predicted molar refractivity (Wildman–Crippen MR) is 93.3 cm³/mol. The second kappa shape index (κ2) is 6.76. The standard InChI is InChI=1S/C21H22O5/c1-13-17-19(26-21(24-17)15-10-6-3-7-11-15)18-16(23-13)12-22-20(25-18)14-8-4-2-5-9-14/h2-11,13,16-21H,12H2,1H3. The van der Waals surface area contributed by atoms with Crippen molar-refractivity contribution in [3.8, 4) is 0 Å². The summed E-state index contributed by atoms with van der Waals surface area (Å²) in [6, 6.07) is 20.0. The minimum atomic E-state index is -0.408. The molecule has 3 saturated heterocycles. The average Bonchev–Trinajstić information content (AvgIpc) is 3.16. The van der Waals surface area contributed by atoms with Crippen molar-refractivity contribution in [2.45, 2.75) is 50.0 Å². The van der Waals surface area contributed by atoms with Gasteiger partial charge in [0.15, 0.2) is 12.6 Å². The molecule has 0 saturated carbocycles. The summed E-state index contributed by atoms with van der Waals surface area (Å²) in [6.45, 7) is 2.51. The van der Waals surface area contributed by atoms with Gasteiger partial charge in [-0.2, -0.15) is 0 Å². The normalized spacial score (nSPS) is 39.2. The van der Waals surface area contributed by atoms with E-state index >= 15 is 0 Å². The molecule has 0 radical (unpaired) electrons. The highest BCUT2D eigenvalue weighted by Gasteiger charge is 2.54. The van der Waals surface area contributed by atoms with Crippen LogP contribution < -0.4 is 0 Å². The molecule has 0 amide bonds. The first-order chi connectivity index (χ1) is 12.8. The van der Waals surface area contributed by atoms with Crippen molar-refractivity contribution in [3.63, 3.8) is 0 Å². The maximum absolute atomic E-state index is 6.29. The molecule has 5 heteroatoms. The molecule has 5 nitrogen and oxygen atoms in total. The maximum atomic E-state index is 6.29. The molecule has 3 aliphatic heterocycles. The zero-order valence-electron chi connectivity index (χ0n) is 14.6. The molecule has 3 aliphatic rings. The minimum Gasteiger partial charge on any atom is -0.367 e. The Balaban J connectivity index is 1.38. The molecule has 7 atom stereocenters. The number of fused-ring (bicyclic) bond motifs is 3. The van der Waals surface area contributed by atoms with Crippen molar-refractivity contribution < 1.29 is 23.7 Å². The van der Waals surface area contributed by atoms with Gasteiger partial charge in [0.2, 0.25) is 0 Å². The number of hydrogen-bond acceptors (Lipinski definition) is 5. The fourth-order valence-electron chi connectivity index (χ4n) is 3.97. The Morgan fingerprint density at radius 3 is 1.92 bits per heavy atom. The fraction of sp³-hybridized carbons (Fsp3) is 0.429. The van der Waals surface area contributed by atoms with E-state index in [1.807, 2.05) is 67.6 Å². The van der Waals surface area contributed by atoms with Crippen LogP contribution in [0.3, 0.4) is 0 Å². The van der Waals surface area contributed by atoms with Crippen molar-refractivity contribution in [2.75, 3.05) is 6.61 Å². The first-order valence-electron chi connectivity index (χ1n) is 9.13. The van der Waals surface area contributed by atoms with Crippen LogP contribution in [0, 0.1) is 0 Å². The average molecular weight is 354 g/mol. The molecule has 3 heterocycles. The highest BCUT2D eigenvalue weighted by atomic mass is 16.8. The Morgan fingerprint density at radius 1 is 0.654 bits per heavy atom. The molecule has 0 bridgehead atoms. The third-order valence-corrected chi connectivity index (χ3v) is 5.26.